The second-order valence-electron chi connectivity index (χ2n) is 4.03. The monoisotopic (exact) mass is 250 g/mol. The van der Waals surface area contributed by atoms with E-state index in [1.807, 2.05) is 24.5 Å². The number of rotatable bonds is 3. The Morgan fingerprint density at radius 2 is 2.12 bits per heavy atom. The van der Waals surface area contributed by atoms with Gasteiger partial charge in [-0.25, -0.2) is 9.97 Å². The van der Waals surface area contributed by atoms with Gasteiger partial charge in [0.05, 0.1) is 5.69 Å². The Bertz CT molecular complexity index is 516. The third kappa shape index (κ3) is 2.58. The molecule has 4 nitrogen and oxygen atoms in total. The molecule has 2 aromatic heterocycles. The van der Waals surface area contributed by atoms with Crippen LogP contribution in [0.5, 0.6) is 0 Å². The minimum absolute atomic E-state index is 0.517. The highest BCUT2D eigenvalue weighted by atomic mass is 35.5. The zero-order chi connectivity index (χ0) is 12.4. The number of aryl methyl sites for hydroxylation is 2. The lowest BCUT2D eigenvalue weighted by Crippen LogP contribution is -2.07. The van der Waals surface area contributed by atoms with E-state index in [4.69, 9.17) is 17.3 Å². The topological polar surface area (TPSA) is 56.7 Å². The zero-order valence-corrected chi connectivity index (χ0v) is 10.7. The molecule has 0 saturated heterocycles. The first-order valence-electron chi connectivity index (χ1n) is 5.47. The quantitative estimate of drug-likeness (QED) is 0.851. The first kappa shape index (κ1) is 11.9. The van der Waals surface area contributed by atoms with Crippen molar-refractivity contribution in [2.24, 2.45) is 0 Å². The molecule has 2 aromatic rings. The van der Waals surface area contributed by atoms with Crippen LogP contribution in [0, 0.1) is 13.8 Å². The summed E-state index contributed by atoms with van der Waals surface area (Å²) in [4.78, 5) is 8.29. The van der Waals surface area contributed by atoms with Gasteiger partial charge in [-0.15, -0.1) is 0 Å². The van der Waals surface area contributed by atoms with Crippen LogP contribution in [0.4, 0.5) is 5.95 Å². The Labute approximate surface area is 105 Å². The van der Waals surface area contributed by atoms with Gasteiger partial charge in [-0.1, -0.05) is 17.7 Å². The largest absolute Gasteiger partial charge is 0.369 e. The van der Waals surface area contributed by atoms with Crippen LogP contribution in [0.25, 0.3) is 0 Å². The number of hydrogen-bond donors (Lipinski definition) is 1. The summed E-state index contributed by atoms with van der Waals surface area (Å²) in [6, 6.07) is 3.77. The van der Waals surface area contributed by atoms with E-state index in [1.165, 1.54) is 0 Å². The van der Waals surface area contributed by atoms with Gasteiger partial charge in [0.1, 0.15) is 5.15 Å². The van der Waals surface area contributed by atoms with Crippen molar-refractivity contribution in [1.29, 1.82) is 0 Å². The average Bonchev–Trinajstić information content (AvgIpc) is 2.54. The van der Waals surface area contributed by atoms with E-state index in [1.54, 1.807) is 12.3 Å². The molecule has 0 amide bonds. The maximum Gasteiger partial charge on any atom is 0.200 e. The second-order valence-corrected chi connectivity index (χ2v) is 4.42. The molecule has 0 radical (unpaired) electrons. The SMILES string of the molecule is Cc1nc(N)n(CCc2ccc(Cl)nc2)c1C. The van der Waals surface area contributed by atoms with Gasteiger partial charge in [-0.3, -0.25) is 0 Å². The van der Waals surface area contributed by atoms with E-state index in [9.17, 15) is 0 Å². The molecular weight excluding hydrogens is 236 g/mol. The van der Waals surface area contributed by atoms with Crippen LogP contribution in [0.3, 0.4) is 0 Å². The van der Waals surface area contributed by atoms with Crippen molar-refractivity contribution in [2.45, 2.75) is 26.8 Å². The van der Waals surface area contributed by atoms with Crippen molar-refractivity contribution in [3.63, 3.8) is 0 Å². The fraction of sp³-hybridized carbons (Fsp3) is 0.333. The van der Waals surface area contributed by atoms with E-state index < -0.39 is 0 Å². The third-order valence-electron chi connectivity index (χ3n) is 2.90. The maximum absolute atomic E-state index is 5.85. The summed E-state index contributed by atoms with van der Waals surface area (Å²) in [6.45, 7) is 4.80. The summed E-state index contributed by atoms with van der Waals surface area (Å²) in [5, 5.41) is 0.517. The van der Waals surface area contributed by atoms with Gasteiger partial charge in [0, 0.05) is 18.4 Å². The lowest BCUT2D eigenvalue weighted by Gasteiger charge is -2.07. The lowest BCUT2D eigenvalue weighted by molar-refractivity contribution is 0.685. The molecule has 0 aliphatic carbocycles. The van der Waals surface area contributed by atoms with Crippen LogP contribution in [0.1, 0.15) is 17.0 Å². The molecule has 0 saturated carbocycles. The first-order valence-corrected chi connectivity index (χ1v) is 5.85. The van der Waals surface area contributed by atoms with Gasteiger partial charge in [-0.05, 0) is 31.9 Å². The maximum atomic E-state index is 5.85. The molecule has 0 bridgehead atoms. The Hall–Kier alpha value is -1.55. The summed E-state index contributed by atoms with van der Waals surface area (Å²) in [6.07, 6.45) is 2.66. The van der Waals surface area contributed by atoms with Crippen molar-refractivity contribution < 1.29 is 0 Å². The van der Waals surface area contributed by atoms with Crippen LogP contribution < -0.4 is 5.73 Å². The van der Waals surface area contributed by atoms with E-state index in [0.29, 0.717) is 11.1 Å². The molecule has 90 valence electrons. The summed E-state index contributed by atoms with van der Waals surface area (Å²) in [5.74, 6) is 0.571. The number of aromatic nitrogens is 3. The molecule has 17 heavy (non-hydrogen) atoms. The highest BCUT2D eigenvalue weighted by Gasteiger charge is 2.07. The Kier molecular flexibility index (Phi) is 3.33. The number of anilines is 1. The van der Waals surface area contributed by atoms with E-state index in [2.05, 4.69) is 9.97 Å². The van der Waals surface area contributed by atoms with Gasteiger partial charge < -0.3 is 10.3 Å². The molecule has 0 aromatic carbocycles. The minimum atomic E-state index is 0.517. The number of hydrogen-bond acceptors (Lipinski definition) is 3. The summed E-state index contributed by atoms with van der Waals surface area (Å²) in [7, 11) is 0. The number of imidazole rings is 1. The van der Waals surface area contributed by atoms with Gasteiger partial charge in [0.2, 0.25) is 5.95 Å². The summed E-state index contributed by atoms with van der Waals surface area (Å²) < 4.78 is 2.02. The predicted octanol–water partition coefficient (Wildman–Crippen LogP) is 2.37. The summed E-state index contributed by atoms with van der Waals surface area (Å²) >= 11 is 5.74. The Balaban J connectivity index is 2.09. The van der Waals surface area contributed by atoms with Crippen molar-refractivity contribution in [3.05, 3.63) is 40.4 Å². The van der Waals surface area contributed by atoms with Gasteiger partial charge in [0.15, 0.2) is 0 Å². The molecule has 2 heterocycles. The molecule has 0 fully saturated rings. The van der Waals surface area contributed by atoms with Crippen molar-refractivity contribution in [1.82, 2.24) is 14.5 Å². The normalized spacial score (nSPS) is 10.8. The van der Waals surface area contributed by atoms with Crippen molar-refractivity contribution in [3.8, 4) is 0 Å². The van der Waals surface area contributed by atoms with Gasteiger partial charge in [0.25, 0.3) is 0 Å². The van der Waals surface area contributed by atoms with Crippen LogP contribution in [-0.2, 0) is 13.0 Å². The Morgan fingerprint density at radius 1 is 1.35 bits per heavy atom. The molecule has 5 heteroatoms. The van der Waals surface area contributed by atoms with Crippen LogP contribution >= 0.6 is 11.6 Å². The standard InChI is InChI=1S/C12H15ClN4/c1-8-9(2)17(12(14)16-8)6-5-10-3-4-11(13)15-7-10/h3-4,7H,5-6H2,1-2H3,(H2,14,16). The molecule has 0 aliphatic heterocycles. The van der Waals surface area contributed by atoms with Gasteiger partial charge in [-0.2, -0.15) is 0 Å². The highest BCUT2D eigenvalue weighted by Crippen LogP contribution is 2.13. The fourth-order valence-corrected chi connectivity index (χ4v) is 1.87. The molecule has 0 aliphatic rings. The van der Waals surface area contributed by atoms with Crippen molar-refractivity contribution >= 4 is 17.5 Å². The van der Waals surface area contributed by atoms with E-state index in [-0.39, 0.29) is 0 Å². The molecule has 0 spiro atoms. The van der Waals surface area contributed by atoms with E-state index in [0.717, 1.165) is 29.9 Å². The van der Waals surface area contributed by atoms with Crippen LogP contribution in [0.15, 0.2) is 18.3 Å². The average molecular weight is 251 g/mol. The first-order chi connectivity index (χ1) is 8.08. The number of nitrogens with two attached hydrogens (primary N) is 1. The third-order valence-corrected chi connectivity index (χ3v) is 3.12. The van der Waals surface area contributed by atoms with Crippen molar-refractivity contribution in [2.75, 3.05) is 5.73 Å². The van der Waals surface area contributed by atoms with Gasteiger partial charge >= 0.3 is 0 Å². The van der Waals surface area contributed by atoms with Crippen LogP contribution in [0.2, 0.25) is 5.15 Å². The minimum Gasteiger partial charge on any atom is -0.369 e. The summed E-state index contributed by atoms with van der Waals surface area (Å²) in [5.41, 5.74) is 9.08. The molecule has 2 rings (SSSR count). The molecular formula is C12H15ClN4. The lowest BCUT2D eigenvalue weighted by atomic mass is 10.2. The highest BCUT2D eigenvalue weighted by molar-refractivity contribution is 6.29. The zero-order valence-electron chi connectivity index (χ0n) is 9.94. The molecule has 0 unspecified atom stereocenters. The fourth-order valence-electron chi connectivity index (χ4n) is 1.76. The number of nitrogens with zero attached hydrogens (tertiary/aromatic N) is 3. The van der Waals surface area contributed by atoms with E-state index >= 15 is 0 Å². The van der Waals surface area contributed by atoms with Crippen LogP contribution in [-0.4, -0.2) is 14.5 Å². The number of pyridine rings is 1. The molecule has 0 atom stereocenters. The number of halogens is 1. The second kappa shape index (κ2) is 4.75. The Morgan fingerprint density at radius 3 is 2.65 bits per heavy atom. The smallest absolute Gasteiger partial charge is 0.200 e. The molecule has 2 N–H and O–H groups in total. The number of nitrogen functional groups attached to an aromatic ring is 1. The predicted molar refractivity (Wildman–Crippen MR) is 69.1 cm³/mol.